The van der Waals surface area contributed by atoms with Crippen LogP contribution in [-0.4, -0.2) is 48.9 Å². The minimum atomic E-state index is -0.244. The predicted molar refractivity (Wildman–Crippen MR) is 71.9 cm³/mol. The van der Waals surface area contributed by atoms with Gasteiger partial charge in [-0.1, -0.05) is 0 Å². The fraction of sp³-hybridized carbons (Fsp3) is 0.538. The molecule has 1 amide bonds. The first-order chi connectivity index (χ1) is 9.75. The molecule has 2 aromatic heterocycles. The first kappa shape index (κ1) is 12.8. The summed E-state index contributed by atoms with van der Waals surface area (Å²) in [6.45, 7) is 3.41. The Morgan fingerprint density at radius 3 is 2.85 bits per heavy atom. The third-order valence-corrected chi connectivity index (χ3v) is 3.91. The smallest absolute Gasteiger partial charge is 0.247 e. The Bertz CT molecular complexity index is 541. The molecule has 0 aromatic carbocycles. The second-order valence-corrected chi connectivity index (χ2v) is 5.13. The number of rotatable bonds is 3. The van der Waals surface area contributed by atoms with E-state index in [1.165, 1.54) is 6.33 Å². The lowest BCUT2D eigenvalue weighted by molar-refractivity contribution is -0.135. The predicted octanol–water partition coefficient (Wildman–Crippen LogP) is 0.968. The van der Waals surface area contributed by atoms with E-state index in [1.54, 1.807) is 10.9 Å². The van der Waals surface area contributed by atoms with Crippen molar-refractivity contribution in [3.05, 3.63) is 30.6 Å². The number of nitrogens with zero attached hydrogens (tertiary/aromatic N) is 5. The van der Waals surface area contributed by atoms with Crippen molar-refractivity contribution in [3.8, 4) is 0 Å². The largest absolute Gasteiger partial charge is 0.341 e. The summed E-state index contributed by atoms with van der Waals surface area (Å²) in [6.07, 6.45) is 6.90. The Kier molecular flexibility index (Phi) is 3.49. The first-order valence-electron chi connectivity index (χ1n) is 6.89. The summed E-state index contributed by atoms with van der Waals surface area (Å²) in [6, 6.07) is 1.59. The number of amides is 1. The van der Waals surface area contributed by atoms with Gasteiger partial charge in [0.05, 0.1) is 0 Å². The molecule has 2 aromatic rings. The van der Waals surface area contributed by atoms with Crippen LogP contribution in [0.3, 0.4) is 0 Å². The topological polar surface area (TPSA) is 79.7 Å². The second kappa shape index (κ2) is 5.44. The van der Waals surface area contributed by atoms with E-state index in [0.717, 1.165) is 31.8 Å². The highest BCUT2D eigenvalue weighted by molar-refractivity contribution is 5.80. The number of carbonyl (C=O) groups excluding carboxylic acids is 1. The van der Waals surface area contributed by atoms with Crippen molar-refractivity contribution in [2.24, 2.45) is 0 Å². The number of aromatic nitrogens is 5. The Morgan fingerprint density at radius 2 is 2.25 bits per heavy atom. The minimum Gasteiger partial charge on any atom is -0.341 e. The van der Waals surface area contributed by atoms with Crippen molar-refractivity contribution in [1.29, 1.82) is 0 Å². The highest BCUT2D eigenvalue weighted by Crippen LogP contribution is 2.26. The van der Waals surface area contributed by atoms with Crippen LogP contribution in [0.15, 0.2) is 24.8 Å². The molecule has 1 aliphatic heterocycles. The molecule has 3 heterocycles. The summed E-state index contributed by atoms with van der Waals surface area (Å²) in [7, 11) is 0. The van der Waals surface area contributed by atoms with Crippen LogP contribution < -0.4 is 0 Å². The van der Waals surface area contributed by atoms with Gasteiger partial charge in [-0.3, -0.25) is 14.6 Å². The van der Waals surface area contributed by atoms with Crippen molar-refractivity contribution < 1.29 is 4.79 Å². The number of piperidine rings is 1. The maximum Gasteiger partial charge on any atom is 0.247 e. The maximum absolute atomic E-state index is 12.4. The Hall–Kier alpha value is -2.18. The zero-order valence-corrected chi connectivity index (χ0v) is 11.4. The summed E-state index contributed by atoms with van der Waals surface area (Å²) in [5, 5.41) is 10.9. The van der Waals surface area contributed by atoms with Gasteiger partial charge in [0.15, 0.2) is 0 Å². The molecule has 1 fully saturated rings. The zero-order valence-electron chi connectivity index (χ0n) is 11.4. The van der Waals surface area contributed by atoms with Gasteiger partial charge in [0.1, 0.15) is 18.2 Å². The number of nitrogens with one attached hydrogen (secondary N) is 1. The normalized spacial score (nSPS) is 18.1. The molecule has 1 unspecified atom stereocenters. The van der Waals surface area contributed by atoms with Crippen molar-refractivity contribution in [3.63, 3.8) is 0 Å². The number of hydrogen-bond acceptors (Lipinski definition) is 4. The van der Waals surface area contributed by atoms with E-state index in [-0.39, 0.29) is 11.9 Å². The van der Waals surface area contributed by atoms with Gasteiger partial charge < -0.3 is 4.90 Å². The lowest BCUT2D eigenvalue weighted by Gasteiger charge is -2.32. The van der Waals surface area contributed by atoms with Crippen molar-refractivity contribution in [2.75, 3.05) is 13.1 Å². The number of carbonyl (C=O) groups is 1. The van der Waals surface area contributed by atoms with E-state index in [1.807, 2.05) is 24.1 Å². The molecule has 1 atom stereocenters. The second-order valence-electron chi connectivity index (χ2n) is 5.13. The number of aromatic amines is 1. The Balaban J connectivity index is 1.59. The monoisotopic (exact) mass is 274 g/mol. The lowest BCUT2D eigenvalue weighted by atomic mass is 9.96. The molecule has 0 bridgehead atoms. The van der Waals surface area contributed by atoms with Gasteiger partial charge in [-0.25, -0.2) is 4.98 Å². The molecule has 0 saturated carbocycles. The number of hydrogen-bond donors (Lipinski definition) is 1. The number of likely N-dealkylation sites (tertiary alicyclic amines) is 1. The molecule has 1 N–H and O–H groups in total. The number of H-pyrrole nitrogens is 1. The summed E-state index contributed by atoms with van der Waals surface area (Å²) in [4.78, 5) is 18.5. The third-order valence-electron chi connectivity index (χ3n) is 3.91. The summed E-state index contributed by atoms with van der Waals surface area (Å²) >= 11 is 0. The summed E-state index contributed by atoms with van der Waals surface area (Å²) in [5.74, 6) is 1.43. The van der Waals surface area contributed by atoms with Gasteiger partial charge in [0, 0.05) is 31.4 Å². The van der Waals surface area contributed by atoms with Gasteiger partial charge in [0.25, 0.3) is 0 Å². The third kappa shape index (κ3) is 2.43. The molecule has 0 radical (unpaired) electrons. The van der Waals surface area contributed by atoms with E-state index in [2.05, 4.69) is 20.3 Å². The van der Waals surface area contributed by atoms with Crippen LogP contribution >= 0.6 is 0 Å². The van der Waals surface area contributed by atoms with Crippen molar-refractivity contribution >= 4 is 5.91 Å². The van der Waals surface area contributed by atoms with Crippen molar-refractivity contribution in [2.45, 2.75) is 31.7 Å². The Morgan fingerprint density at radius 1 is 1.45 bits per heavy atom. The molecule has 106 valence electrons. The van der Waals surface area contributed by atoms with E-state index in [9.17, 15) is 4.79 Å². The highest BCUT2D eigenvalue weighted by atomic mass is 16.2. The molecule has 3 rings (SSSR count). The quantitative estimate of drug-likeness (QED) is 0.904. The molecule has 20 heavy (non-hydrogen) atoms. The van der Waals surface area contributed by atoms with Crippen LogP contribution in [0.4, 0.5) is 0 Å². The van der Waals surface area contributed by atoms with E-state index >= 15 is 0 Å². The van der Waals surface area contributed by atoms with Crippen LogP contribution in [0.25, 0.3) is 0 Å². The van der Waals surface area contributed by atoms with Crippen LogP contribution in [0.1, 0.15) is 37.5 Å². The summed E-state index contributed by atoms with van der Waals surface area (Å²) < 4.78 is 1.70. The van der Waals surface area contributed by atoms with E-state index < -0.39 is 0 Å². The molecule has 1 saturated heterocycles. The molecular formula is C13H18N6O. The Labute approximate surface area is 117 Å². The zero-order chi connectivity index (χ0) is 13.9. The van der Waals surface area contributed by atoms with Gasteiger partial charge in [0.2, 0.25) is 5.91 Å². The summed E-state index contributed by atoms with van der Waals surface area (Å²) in [5.41, 5.74) is 0. The fourth-order valence-electron chi connectivity index (χ4n) is 2.67. The van der Waals surface area contributed by atoms with E-state index in [4.69, 9.17) is 0 Å². The standard InChI is InChI=1S/C13H18N6O/c1-10(19-6-2-5-16-19)13(20)18-7-3-11(4-8-18)12-14-9-15-17-12/h2,5-6,9-11H,3-4,7-8H2,1H3,(H,14,15,17). The SMILES string of the molecule is CC(C(=O)N1CCC(c2ncn[nH]2)CC1)n1cccn1. The maximum atomic E-state index is 12.4. The van der Waals surface area contributed by atoms with Crippen LogP contribution in [0.2, 0.25) is 0 Å². The van der Waals surface area contributed by atoms with Gasteiger partial charge in [-0.05, 0) is 25.8 Å². The van der Waals surface area contributed by atoms with Crippen molar-refractivity contribution in [1.82, 2.24) is 29.9 Å². The van der Waals surface area contributed by atoms with Crippen LogP contribution in [0.5, 0.6) is 0 Å². The molecule has 1 aliphatic rings. The lowest BCUT2D eigenvalue weighted by Crippen LogP contribution is -2.41. The average Bonchev–Trinajstić information content (AvgIpc) is 3.18. The molecule has 7 nitrogen and oxygen atoms in total. The van der Waals surface area contributed by atoms with Gasteiger partial charge in [-0.15, -0.1) is 0 Å². The molecule has 7 heteroatoms. The van der Waals surface area contributed by atoms with Crippen LogP contribution in [0, 0.1) is 0 Å². The van der Waals surface area contributed by atoms with Crippen LogP contribution in [-0.2, 0) is 4.79 Å². The van der Waals surface area contributed by atoms with Gasteiger partial charge >= 0.3 is 0 Å². The highest BCUT2D eigenvalue weighted by Gasteiger charge is 2.28. The fourth-order valence-corrected chi connectivity index (χ4v) is 2.67. The molecule has 0 aliphatic carbocycles. The van der Waals surface area contributed by atoms with Gasteiger partial charge in [-0.2, -0.15) is 10.2 Å². The minimum absolute atomic E-state index is 0.129. The average molecular weight is 274 g/mol. The molecular weight excluding hydrogens is 256 g/mol. The van der Waals surface area contributed by atoms with E-state index in [0.29, 0.717) is 5.92 Å². The molecule has 0 spiro atoms. The first-order valence-corrected chi connectivity index (χ1v) is 6.89.